The average molecular weight is 438 g/mol. The minimum atomic E-state index is -0.545. The van der Waals surface area contributed by atoms with Crippen molar-refractivity contribution in [2.45, 2.75) is 0 Å². The molecule has 0 saturated heterocycles. The maximum Gasteiger partial charge on any atom is 0.271 e. The van der Waals surface area contributed by atoms with Gasteiger partial charge in [-0.15, -0.1) is 0 Å². The predicted octanol–water partition coefficient (Wildman–Crippen LogP) is 3.78. The summed E-state index contributed by atoms with van der Waals surface area (Å²) < 4.78 is 0.859. The number of hydrogen-bond acceptors (Lipinski definition) is 3. The van der Waals surface area contributed by atoms with Crippen LogP contribution >= 0.6 is 15.9 Å². The SMILES string of the molecule is O=C(NNC(=O)c1ccccc1NC(=O)c1ccc(Br)cc1)c1ccccc1. The van der Waals surface area contributed by atoms with E-state index < -0.39 is 11.8 Å². The number of anilines is 1. The van der Waals surface area contributed by atoms with Crippen LogP contribution in [0, 0.1) is 0 Å². The van der Waals surface area contributed by atoms with Gasteiger partial charge in [-0.2, -0.15) is 0 Å². The molecule has 7 heteroatoms. The molecular formula is C21H16BrN3O3. The summed E-state index contributed by atoms with van der Waals surface area (Å²) in [5.74, 6) is -1.33. The molecule has 3 rings (SSSR count). The lowest BCUT2D eigenvalue weighted by atomic mass is 10.1. The number of carbonyl (C=O) groups excluding carboxylic acids is 3. The Morgan fingerprint density at radius 2 is 1.18 bits per heavy atom. The van der Waals surface area contributed by atoms with E-state index in [1.807, 2.05) is 0 Å². The molecule has 0 aliphatic heterocycles. The molecule has 0 spiro atoms. The highest BCUT2D eigenvalue weighted by molar-refractivity contribution is 9.10. The summed E-state index contributed by atoms with van der Waals surface area (Å²) in [5.41, 5.74) is 6.15. The summed E-state index contributed by atoms with van der Waals surface area (Å²) in [6, 6.07) is 21.9. The summed E-state index contributed by atoms with van der Waals surface area (Å²) in [5, 5.41) is 2.72. The number of rotatable bonds is 4. The first-order chi connectivity index (χ1) is 13.5. The Bertz CT molecular complexity index is 1000. The third-order valence-electron chi connectivity index (χ3n) is 3.85. The second kappa shape index (κ2) is 8.96. The first-order valence-electron chi connectivity index (χ1n) is 8.36. The van der Waals surface area contributed by atoms with Crippen LogP contribution in [0.4, 0.5) is 5.69 Å². The molecule has 0 radical (unpaired) electrons. The predicted molar refractivity (Wildman–Crippen MR) is 110 cm³/mol. The Morgan fingerprint density at radius 3 is 1.89 bits per heavy atom. The Kier molecular flexibility index (Phi) is 6.18. The Hall–Kier alpha value is -3.45. The lowest BCUT2D eigenvalue weighted by molar-refractivity contribution is 0.0847. The fourth-order valence-corrected chi connectivity index (χ4v) is 2.69. The quantitative estimate of drug-likeness (QED) is 0.542. The fraction of sp³-hybridized carbons (Fsp3) is 0. The number of halogens is 1. The summed E-state index contributed by atoms with van der Waals surface area (Å²) in [4.78, 5) is 37.0. The van der Waals surface area contributed by atoms with Crippen LogP contribution in [0.5, 0.6) is 0 Å². The lowest BCUT2D eigenvalue weighted by Crippen LogP contribution is -2.41. The van der Waals surface area contributed by atoms with E-state index in [0.717, 1.165) is 4.47 Å². The third-order valence-corrected chi connectivity index (χ3v) is 4.38. The van der Waals surface area contributed by atoms with Crippen LogP contribution in [-0.4, -0.2) is 17.7 Å². The Balaban J connectivity index is 1.69. The zero-order valence-electron chi connectivity index (χ0n) is 14.6. The maximum atomic E-state index is 12.5. The molecular weight excluding hydrogens is 422 g/mol. The number of benzene rings is 3. The lowest BCUT2D eigenvalue weighted by Gasteiger charge is -2.12. The Morgan fingerprint density at radius 1 is 0.607 bits per heavy atom. The van der Waals surface area contributed by atoms with Crippen LogP contribution in [0.2, 0.25) is 0 Å². The fourth-order valence-electron chi connectivity index (χ4n) is 2.43. The van der Waals surface area contributed by atoms with Gasteiger partial charge in [-0.05, 0) is 48.5 Å². The van der Waals surface area contributed by atoms with E-state index in [9.17, 15) is 14.4 Å². The highest BCUT2D eigenvalue weighted by atomic mass is 79.9. The molecule has 0 fully saturated rings. The van der Waals surface area contributed by atoms with E-state index in [0.29, 0.717) is 16.8 Å². The minimum Gasteiger partial charge on any atom is -0.321 e. The highest BCUT2D eigenvalue weighted by Crippen LogP contribution is 2.17. The number of carbonyl (C=O) groups is 3. The molecule has 3 aromatic carbocycles. The maximum absolute atomic E-state index is 12.5. The van der Waals surface area contributed by atoms with Gasteiger partial charge < -0.3 is 5.32 Å². The van der Waals surface area contributed by atoms with Crippen molar-refractivity contribution in [3.63, 3.8) is 0 Å². The Labute approximate surface area is 170 Å². The number of nitrogens with one attached hydrogen (secondary N) is 3. The molecule has 0 unspecified atom stereocenters. The van der Waals surface area contributed by atoms with E-state index >= 15 is 0 Å². The van der Waals surface area contributed by atoms with Gasteiger partial charge in [0.15, 0.2) is 0 Å². The molecule has 6 nitrogen and oxygen atoms in total. The van der Waals surface area contributed by atoms with E-state index in [2.05, 4.69) is 32.1 Å². The minimum absolute atomic E-state index is 0.223. The molecule has 140 valence electrons. The van der Waals surface area contributed by atoms with Crippen molar-refractivity contribution in [3.8, 4) is 0 Å². The zero-order valence-corrected chi connectivity index (χ0v) is 16.2. The molecule has 28 heavy (non-hydrogen) atoms. The van der Waals surface area contributed by atoms with Crippen molar-refractivity contribution in [1.29, 1.82) is 0 Å². The van der Waals surface area contributed by atoms with E-state index in [4.69, 9.17) is 0 Å². The second-order valence-electron chi connectivity index (χ2n) is 5.78. The molecule has 0 aliphatic carbocycles. The van der Waals surface area contributed by atoms with Crippen molar-refractivity contribution in [1.82, 2.24) is 10.9 Å². The van der Waals surface area contributed by atoms with Gasteiger partial charge in [-0.1, -0.05) is 46.3 Å². The summed E-state index contributed by atoms with van der Waals surface area (Å²) in [6.07, 6.45) is 0. The summed E-state index contributed by atoms with van der Waals surface area (Å²) in [7, 11) is 0. The number of amides is 3. The largest absolute Gasteiger partial charge is 0.321 e. The number of hydrazine groups is 1. The number of hydrogen-bond donors (Lipinski definition) is 3. The van der Waals surface area contributed by atoms with Crippen LogP contribution < -0.4 is 16.2 Å². The van der Waals surface area contributed by atoms with Gasteiger partial charge in [0.1, 0.15) is 0 Å². The molecule has 3 N–H and O–H groups in total. The van der Waals surface area contributed by atoms with Crippen molar-refractivity contribution >= 4 is 39.3 Å². The first-order valence-corrected chi connectivity index (χ1v) is 9.15. The van der Waals surface area contributed by atoms with Crippen molar-refractivity contribution in [2.24, 2.45) is 0 Å². The van der Waals surface area contributed by atoms with E-state index in [1.54, 1.807) is 78.9 Å². The van der Waals surface area contributed by atoms with Crippen LogP contribution in [-0.2, 0) is 0 Å². The van der Waals surface area contributed by atoms with Crippen LogP contribution in [0.15, 0.2) is 83.3 Å². The molecule has 0 heterocycles. The van der Waals surface area contributed by atoms with Gasteiger partial charge >= 0.3 is 0 Å². The summed E-state index contributed by atoms with van der Waals surface area (Å²) in [6.45, 7) is 0. The van der Waals surface area contributed by atoms with Gasteiger partial charge in [0.05, 0.1) is 11.3 Å². The molecule has 0 aliphatic rings. The summed E-state index contributed by atoms with van der Waals surface area (Å²) >= 11 is 3.32. The smallest absolute Gasteiger partial charge is 0.271 e. The molecule has 0 aromatic heterocycles. The van der Waals surface area contributed by atoms with Gasteiger partial charge in [0.2, 0.25) is 0 Å². The van der Waals surface area contributed by atoms with Crippen LogP contribution in [0.25, 0.3) is 0 Å². The van der Waals surface area contributed by atoms with Gasteiger partial charge in [0, 0.05) is 15.6 Å². The van der Waals surface area contributed by atoms with Crippen molar-refractivity contribution in [3.05, 3.63) is 100 Å². The monoisotopic (exact) mass is 437 g/mol. The average Bonchev–Trinajstić information content (AvgIpc) is 2.73. The van der Waals surface area contributed by atoms with Gasteiger partial charge in [0.25, 0.3) is 17.7 Å². The van der Waals surface area contributed by atoms with Crippen molar-refractivity contribution < 1.29 is 14.4 Å². The van der Waals surface area contributed by atoms with Crippen LogP contribution in [0.1, 0.15) is 31.1 Å². The van der Waals surface area contributed by atoms with Crippen LogP contribution in [0.3, 0.4) is 0 Å². The zero-order chi connectivity index (χ0) is 19.9. The molecule has 3 aromatic rings. The number of para-hydroxylation sites is 1. The van der Waals surface area contributed by atoms with Gasteiger partial charge in [-0.3, -0.25) is 25.2 Å². The first kappa shape index (κ1) is 19.3. The molecule has 0 saturated carbocycles. The van der Waals surface area contributed by atoms with E-state index in [1.165, 1.54) is 0 Å². The third kappa shape index (κ3) is 4.83. The highest BCUT2D eigenvalue weighted by Gasteiger charge is 2.15. The molecule has 0 atom stereocenters. The standard InChI is InChI=1S/C21H16BrN3O3/c22-16-12-10-15(11-13-16)19(26)23-18-9-5-4-8-17(18)21(28)25-24-20(27)14-6-2-1-3-7-14/h1-13H,(H,23,26)(H,24,27)(H,25,28). The molecule has 3 amide bonds. The topological polar surface area (TPSA) is 87.3 Å². The second-order valence-corrected chi connectivity index (χ2v) is 6.70. The van der Waals surface area contributed by atoms with Crippen molar-refractivity contribution in [2.75, 3.05) is 5.32 Å². The molecule has 0 bridgehead atoms. The van der Waals surface area contributed by atoms with E-state index in [-0.39, 0.29) is 11.5 Å². The van der Waals surface area contributed by atoms with Gasteiger partial charge in [-0.25, -0.2) is 0 Å². The normalized spacial score (nSPS) is 10.0.